The topological polar surface area (TPSA) is 103 Å². The van der Waals surface area contributed by atoms with E-state index in [4.69, 9.17) is 9.15 Å². The van der Waals surface area contributed by atoms with Gasteiger partial charge in [-0.05, 0) is 30.3 Å². The first-order chi connectivity index (χ1) is 10.5. The zero-order valence-electron chi connectivity index (χ0n) is 11.1. The van der Waals surface area contributed by atoms with Gasteiger partial charge in [0.15, 0.2) is 0 Å². The highest BCUT2D eigenvalue weighted by atomic mass is 16.6. The summed E-state index contributed by atoms with van der Waals surface area (Å²) in [6, 6.07) is 11.0. The Morgan fingerprint density at radius 1 is 1.09 bits per heavy atom. The molecule has 0 bridgehead atoms. The Balaban J connectivity index is 2.10. The van der Waals surface area contributed by atoms with Gasteiger partial charge in [-0.3, -0.25) is 10.1 Å². The minimum absolute atomic E-state index is 0.0653. The van der Waals surface area contributed by atoms with Crippen molar-refractivity contribution < 1.29 is 19.2 Å². The molecule has 7 heteroatoms. The lowest BCUT2D eigenvalue weighted by molar-refractivity contribution is -0.384. The standard InChI is InChI=1S/C15H9NO6/c17-10-2-4-11(5-3-10)21-14-8-15(18)22-13-7-9(16(19)20)1-6-12(13)14/h1-8,17H. The predicted molar refractivity (Wildman–Crippen MR) is 77.3 cm³/mol. The van der Waals surface area contributed by atoms with E-state index in [0.29, 0.717) is 11.1 Å². The maximum absolute atomic E-state index is 11.6. The number of nitrogens with zero attached hydrogens (tertiary/aromatic N) is 1. The molecule has 0 radical (unpaired) electrons. The summed E-state index contributed by atoms with van der Waals surface area (Å²) >= 11 is 0. The number of non-ortho nitro benzene ring substituents is 1. The van der Waals surface area contributed by atoms with E-state index in [1.54, 1.807) is 0 Å². The summed E-state index contributed by atoms with van der Waals surface area (Å²) in [4.78, 5) is 21.8. The van der Waals surface area contributed by atoms with Gasteiger partial charge in [-0.15, -0.1) is 0 Å². The van der Waals surface area contributed by atoms with E-state index >= 15 is 0 Å². The lowest BCUT2D eigenvalue weighted by Gasteiger charge is -2.07. The van der Waals surface area contributed by atoms with Crippen LogP contribution in [-0.4, -0.2) is 10.0 Å². The molecule has 3 aromatic rings. The molecule has 3 rings (SSSR count). The number of nitro groups is 1. The highest BCUT2D eigenvalue weighted by molar-refractivity contribution is 5.85. The molecule has 2 aromatic carbocycles. The van der Waals surface area contributed by atoms with Crippen molar-refractivity contribution in [3.05, 3.63) is 69.1 Å². The lowest BCUT2D eigenvalue weighted by atomic mass is 10.2. The number of rotatable bonds is 3. The second-order valence-corrected chi connectivity index (χ2v) is 4.46. The van der Waals surface area contributed by atoms with Crippen LogP contribution in [0, 0.1) is 10.1 Å². The first kappa shape index (κ1) is 13.6. The molecule has 0 aliphatic rings. The monoisotopic (exact) mass is 299 g/mol. The zero-order chi connectivity index (χ0) is 15.7. The molecule has 0 fully saturated rings. The van der Waals surface area contributed by atoms with Crippen molar-refractivity contribution >= 4 is 16.7 Å². The van der Waals surface area contributed by atoms with Crippen LogP contribution in [-0.2, 0) is 0 Å². The van der Waals surface area contributed by atoms with Crippen LogP contribution in [0.3, 0.4) is 0 Å². The zero-order valence-corrected chi connectivity index (χ0v) is 11.1. The van der Waals surface area contributed by atoms with E-state index < -0.39 is 10.5 Å². The molecule has 0 saturated carbocycles. The first-order valence-corrected chi connectivity index (χ1v) is 6.22. The molecule has 1 aromatic heterocycles. The van der Waals surface area contributed by atoms with Gasteiger partial charge in [0.05, 0.1) is 22.4 Å². The Hall–Kier alpha value is -3.35. The molecule has 110 valence electrons. The number of phenols is 1. The number of hydrogen-bond acceptors (Lipinski definition) is 6. The normalized spacial score (nSPS) is 10.5. The van der Waals surface area contributed by atoms with Crippen molar-refractivity contribution in [3.8, 4) is 17.2 Å². The smallest absolute Gasteiger partial charge is 0.339 e. The fourth-order valence-electron chi connectivity index (χ4n) is 1.96. The van der Waals surface area contributed by atoms with Gasteiger partial charge in [0, 0.05) is 6.07 Å². The van der Waals surface area contributed by atoms with Crippen LogP contribution in [0.4, 0.5) is 5.69 Å². The van der Waals surface area contributed by atoms with Gasteiger partial charge in [0.25, 0.3) is 5.69 Å². The second-order valence-electron chi connectivity index (χ2n) is 4.46. The first-order valence-electron chi connectivity index (χ1n) is 6.22. The third-order valence-corrected chi connectivity index (χ3v) is 2.97. The second kappa shape index (κ2) is 5.21. The third-order valence-electron chi connectivity index (χ3n) is 2.97. The van der Waals surface area contributed by atoms with Gasteiger partial charge in [-0.1, -0.05) is 0 Å². The number of fused-ring (bicyclic) bond motifs is 1. The average Bonchev–Trinajstić information content (AvgIpc) is 2.48. The van der Waals surface area contributed by atoms with Crippen LogP contribution in [0.15, 0.2) is 57.7 Å². The van der Waals surface area contributed by atoms with Gasteiger partial charge in [0.1, 0.15) is 22.8 Å². The summed E-state index contributed by atoms with van der Waals surface area (Å²) in [6.07, 6.45) is 0. The van der Waals surface area contributed by atoms with Gasteiger partial charge >= 0.3 is 5.63 Å². The number of benzene rings is 2. The molecular weight excluding hydrogens is 290 g/mol. The molecule has 0 amide bonds. The Labute approximate surface area is 123 Å². The van der Waals surface area contributed by atoms with Gasteiger partial charge in [0.2, 0.25) is 0 Å². The average molecular weight is 299 g/mol. The van der Waals surface area contributed by atoms with E-state index in [0.717, 1.165) is 6.07 Å². The summed E-state index contributed by atoms with van der Waals surface area (Å²) in [5, 5.41) is 20.4. The van der Waals surface area contributed by atoms with E-state index in [1.165, 1.54) is 42.5 Å². The van der Waals surface area contributed by atoms with E-state index in [2.05, 4.69) is 0 Å². The summed E-state index contributed by atoms with van der Waals surface area (Å²) in [5.74, 6) is 0.704. The highest BCUT2D eigenvalue weighted by Crippen LogP contribution is 2.31. The summed E-state index contributed by atoms with van der Waals surface area (Å²) in [5.41, 5.74) is -0.797. The van der Waals surface area contributed by atoms with Gasteiger partial charge in [-0.25, -0.2) is 4.79 Å². The quantitative estimate of drug-likeness (QED) is 0.452. The maximum atomic E-state index is 11.6. The largest absolute Gasteiger partial charge is 0.508 e. The fraction of sp³-hybridized carbons (Fsp3) is 0. The van der Waals surface area contributed by atoms with Gasteiger partial charge in [-0.2, -0.15) is 0 Å². The highest BCUT2D eigenvalue weighted by Gasteiger charge is 2.13. The molecule has 22 heavy (non-hydrogen) atoms. The Morgan fingerprint density at radius 2 is 1.82 bits per heavy atom. The number of aromatic hydroxyl groups is 1. The number of nitro benzene ring substituents is 1. The van der Waals surface area contributed by atoms with Crippen molar-refractivity contribution in [2.24, 2.45) is 0 Å². The molecular formula is C15H9NO6. The summed E-state index contributed by atoms with van der Waals surface area (Å²) < 4.78 is 10.6. The van der Waals surface area contributed by atoms with Crippen molar-refractivity contribution in [1.29, 1.82) is 0 Å². The molecule has 0 unspecified atom stereocenters. The third kappa shape index (κ3) is 2.59. The van der Waals surface area contributed by atoms with Crippen LogP contribution >= 0.6 is 0 Å². The van der Waals surface area contributed by atoms with Crippen molar-refractivity contribution in [2.45, 2.75) is 0 Å². The van der Waals surface area contributed by atoms with Crippen LogP contribution in [0.25, 0.3) is 11.0 Å². The van der Waals surface area contributed by atoms with Crippen molar-refractivity contribution in [2.75, 3.05) is 0 Å². The van der Waals surface area contributed by atoms with E-state index in [-0.39, 0.29) is 22.8 Å². The van der Waals surface area contributed by atoms with Gasteiger partial charge < -0.3 is 14.3 Å². The number of ether oxygens (including phenoxy) is 1. The van der Waals surface area contributed by atoms with Crippen LogP contribution in [0.2, 0.25) is 0 Å². The molecule has 7 nitrogen and oxygen atoms in total. The molecule has 0 spiro atoms. The van der Waals surface area contributed by atoms with E-state index in [9.17, 15) is 20.0 Å². The number of hydrogen-bond donors (Lipinski definition) is 1. The van der Waals surface area contributed by atoms with Crippen molar-refractivity contribution in [1.82, 2.24) is 0 Å². The minimum Gasteiger partial charge on any atom is -0.508 e. The minimum atomic E-state index is -0.679. The summed E-state index contributed by atoms with van der Waals surface area (Å²) in [7, 11) is 0. The SMILES string of the molecule is O=c1cc(Oc2ccc(O)cc2)c2ccc([N+](=O)[O-])cc2o1. The van der Waals surface area contributed by atoms with Crippen LogP contribution < -0.4 is 10.4 Å². The van der Waals surface area contributed by atoms with Crippen LogP contribution in [0.1, 0.15) is 0 Å². The fourth-order valence-corrected chi connectivity index (χ4v) is 1.96. The molecule has 0 aliphatic heterocycles. The number of phenolic OH excluding ortho intramolecular Hbond substituents is 1. The molecule has 1 N–H and O–H groups in total. The molecule has 0 saturated heterocycles. The Kier molecular flexibility index (Phi) is 3.23. The predicted octanol–water partition coefficient (Wildman–Crippen LogP) is 3.20. The van der Waals surface area contributed by atoms with Crippen LogP contribution in [0.5, 0.6) is 17.2 Å². The molecule has 0 atom stereocenters. The lowest BCUT2D eigenvalue weighted by Crippen LogP contribution is -1.99. The van der Waals surface area contributed by atoms with Crippen molar-refractivity contribution in [3.63, 3.8) is 0 Å². The van der Waals surface area contributed by atoms with E-state index in [1.807, 2.05) is 0 Å². The molecule has 0 aliphatic carbocycles. The maximum Gasteiger partial charge on any atom is 0.339 e. The summed E-state index contributed by atoms with van der Waals surface area (Å²) in [6.45, 7) is 0. The Morgan fingerprint density at radius 3 is 2.50 bits per heavy atom. The Bertz CT molecular complexity index is 913. The molecule has 1 heterocycles.